The third-order valence-electron chi connectivity index (χ3n) is 6.77. The van der Waals surface area contributed by atoms with Gasteiger partial charge in [-0.3, -0.25) is 14.4 Å². The van der Waals surface area contributed by atoms with Gasteiger partial charge in [0.25, 0.3) is 11.8 Å². The lowest BCUT2D eigenvalue weighted by atomic mass is 10.0. The monoisotopic (exact) mass is 498 g/mol. The molecule has 1 saturated carbocycles. The fraction of sp³-hybridized carbons (Fsp3) is 0.538. The summed E-state index contributed by atoms with van der Waals surface area (Å²) in [6.07, 6.45) is 1.59. The molecule has 0 saturated heterocycles. The smallest absolute Gasteiger partial charge is 0.277 e. The maximum atomic E-state index is 13.5. The Morgan fingerprint density at radius 3 is 2.56 bits per heavy atom. The van der Waals surface area contributed by atoms with Crippen LogP contribution in [0.5, 0.6) is 5.75 Å². The number of hydrogen-bond donors (Lipinski definition) is 1. The standard InChI is InChI=1S/C26H34N4O6/c1-15-12-30(25(32)18-6-7-18)16(2)14-35-22-9-8-19(27-24(31)21-10-17(3)36-28-21)11-20(22)26(33)29(4)13-23(15)34-5/h8-11,15-16,18,23H,6-7,12-14H2,1-5H3,(H,27,31)/t15-,16+,23+/m1/s1. The molecule has 2 aliphatic rings. The van der Waals surface area contributed by atoms with E-state index in [9.17, 15) is 14.4 Å². The molecule has 10 nitrogen and oxygen atoms in total. The number of nitrogens with zero attached hydrogens (tertiary/aromatic N) is 3. The summed E-state index contributed by atoms with van der Waals surface area (Å²) in [5, 5.41) is 6.49. The number of aryl methyl sites for hydroxylation is 1. The van der Waals surface area contributed by atoms with Gasteiger partial charge in [-0.25, -0.2) is 0 Å². The van der Waals surface area contributed by atoms with Crippen molar-refractivity contribution in [3.8, 4) is 5.75 Å². The largest absolute Gasteiger partial charge is 0.491 e. The van der Waals surface area contributed by atoms with Crippen LogP contribution < -0.4 is 10.1 Å². The molecule has 1 fully saturated rings. The number of aromatic nitrogens is 1. The van der Waals surface area contributed by atoms with Gasteiger partial charge in [-0.2, -0.15) is 0 Å². The molecule has 1 aliphatic heterocycles. The Bertz CT molecular complexity index is 1130. The zero-order valence-corrected chi connectivity index (χ0v) is 21.4. The van der Waals surface area contributed by atoms with Crippen LogP contribution in [0.3, 0.4) is 0 Å². The molecule has 0 bridgehead atoms. The molecule has 3 amide bonds. The third kappa shape index (κ3) is 5.70. The highest BCUT2D eigenvalue weighted by Gasteiger charge is 2.37. The lowest BCUT2D eigenvalue weighted by Crippen LogP contribution is -2.49. The summed E-state index contributed by atoms with van der Waals surface area (Å²) in [5.41, 5.74) is 0.875. The maximum Gasteiger partial charge on any atom is 0.277 e. The van der Waals surface area contributed by atoms with E-state index in [-0.39, 0.29) is 48.1 Å². The fourth-order valence-electron chi connectivity index (χ4n) is 4.39. The van der Waals surface area contributed by atoms with Crippen LogP contribution in [-0.4, -0.2) is 78.7 Å². The van der Waals surface area contributed by atoms with Gasteiger partial charge in [-0.15, -0.1) is 0 Å². The Hall–Kier alpha value is -3.40. The number of likely N-dealkylation sites (N-methyl/N-ethyl adjacent to an activating group) is 1. The number of anilines is 1. The van der Waals surface area contributed by atoms with E-state index in [1.807, 2.05) is 18.7 Å². The first-order valence-corrected chi connectivity index (χ1v) is 12.3. The SMILES string of the molecule is CO[C@H]1CN(C)C(=O)c2cc(NC(=O)c3cc(C)on3)ccc2OC[C@H](C)N(C(=O)C2CC2)C[C@H]1C. The summed E-state index contributed by atoms with van der Waals surface area (Å²) in [7, 11) is 3.33. The number of fused-ring (bicyclic) bond motifs is 1. The molecule has 36 heavy (non-hydrogen) atoms. The van der Waals surface area contributed by atoms with E-state index in [0.717, 1.165) is 12.8 Å². The van der Waals surface area contributed by atoms with Crippen molar-refractivity contribution in [2.75, 3.05) is 39.2 Å². The van der Waals surface area contributed by atoms with Gasteiger partial charge in [-0.05, 0) is 44.9 Å². The lowest BCUT2D eigenvalue weighted by molar-refractivity contribution is -0.136. The molecule has 0 radical (unpaired) electrons. The third-order valence-corrected chi connectivity index (χ3v) is 6.77. The zero-order chi connectivity index (χ0) is 26.0. The van der Waals surface area contributed by atoms with Gasteiger partial charge in [0.05, 0.1) is 17.7 Å². The molecule has 1 N–H and O–H groups in total. The van der Waals surface area contributed by atoms with Crippen LogP contribution in [0.2, 0.25) is 0 Å². The van der Waals surface area contributed by atoms with Crippen molar-refractivity contribution in [1.29, 1.82) is 0 Å². The topological polar surface area (TPSA) is 114 Å². The van der Waals surface area contributed by atoms with E-state index >= 15 is 0 Å². The Morgan fingerprint density at radius 1 is 1.17 bits per heavy atom. The highest BCUT2D eigenvalue weighted by Crippen LogP contribution is 2.33. The van der Waals surface area contributed by atoms with Crippen molar-refractivity contribution >= 4 is 23.4 Å². The molecule has 10 heteroatoms. The first kappa shape index (κ1) is 25.7. The van der Waals surface area contributed by atoms with Crippen LogP contribution in [0.15, 0.2) is 28.8 Å². The van der Waals surface area contributed by atoms with Gasteiger partial charge in [-0.1, -0.05) is 12.1 Å². The molecule has 1 aromatic heterocycles. The summed E-state index contributed by atoms with van der Waals surface area (Å²) in [4.78, 5) is 42.6. The van der Waals surface area contributed by atoms with Crippen LogP contribution >= 0.6 is 0 Å². The van der Waals surface area contributed by atoms with Crippen molar-refractivity contribution < 1.29 is 28.4 Å². The minimum absolute atomic E-state index is 0.00540. The number of nitrogens with one attached hydrogen (secondary N) is 1. The molecule has 1 aromatic carbocycles. The number of amides is 3. The number of carbonyl (C=O) groups is 3. The normalized spacial score (nSPS) is 23.2. The Kier molecular flexibility index (Phi) is 7.63. The van der Waals surface area contributed by atoms with Crippen molar-refractivity contribution in [2.24, 2.45) is 11.8 Å². The Morgan fingerprint density at radius 2 is 1.92 bits per heavy atom. The van der Waals surface area contributed by atoms with Gasteiger partial charge >= 0.3 is 0 Å². The molecule has 1 aliphatic carbocycles. The lowest BCUT2D eigenvalue weighted by Gasteiger charge is -2.36. The van der Waals surface area contributed by atoms with E-state index in [1.165, 1.54) is 6.07 Å². The molecule has 4 rings (SSSR count). The second kappa shape index (κ2) is 10.7. The maximum absolute atomic E-state index is 13.5. The molecule has 0 unspecified atom stereocenters. The van der Waals surface area contributed by atoms with E-state index in [0.29, 0.717) is 35.9 Å². The molecule has 2 heterocycles. The second-order valence-corrected chi connectivity index (χ2v) is 9.85. The minimum Gasteiger partial charge on any atom is -0.491 e. The summed E-state index contributed by atoms with van der Waals surface area (Å²) in [6, 6.07) is 6.27. The van der Waals surface area contributed by atoms with Gasteiger partial charge < -0.3 is 29.1 Å². The fourth-order valence-corrected chi connectivity index (χ4v) is 4.39. The van der Waals surface area contributed by atoms with Crippen LogP contribution in [0.4, 0.5) is 5.69 Å². The van der Waals surface area contributed by atoms with Crippen LogP contribution in [-0.2, 0) is 9.53 Å². The summed E-state index contributed by atoms with van der Waals surface area (Å²) < 4.78 is 16.8. The number of benzene rings is 1. The van der Waals surface area contributed by atoms with Gasteiger partial charge in [0.1, 0.15) is 18.1 Å². The highest BCUT2D eigenvalue weighted by molar-refractivity contribution is 6.04. The van der Waals surface area contributed by atoms with Gasteiger partial charge in [0.15, 0.2) is 5.69 Å². The van der Waals surface area contributed by atoms with Crippen molar-refractivity contribution in [3.63, 3.8) is 0 Å². The van der Waals surface area contributed by atoms with E-state index in [4.69, 9.17) is 14.0 Å². The summed E-state index contributed by atoms with van der Waals surface area (Å²) >= 11 is 0. The van der Waals surface area contributed by atoms with Crippen LogP contribution in [0.1, 0.15) is 53.3 Å². The highest BCUT2D eigenvalue weighted by atomic mass is 16.5. The quantitative estimate of drug-likeness (QED) is 0.689. The minimum atomic E-state index is -0.446. The summed E-state index contributed by atoms with van der Waals surface area (Å²) in [6.45, 7) is 6.79. The molecule has 194 valence electrons. The Labute approximate surface area is 210 Å². The molecular formula is C26H34N4O6. The second-order valence-electron chi connectivity index (χ2n) is 9.85. The van der Waals surface area contributed by atoms with E-state index in [1.54, 1.807) is 44.2 Å². The van der Waals surface area contributed by atoms with Crippen molar-refractivity contribution in [1.82, 2.24) is 15.0 Å². The molecule has 3 atom stereocenters. The number of carbonyl (C=O) groups excluding carboxylic acids is 3. The van der Waals surface area contributed by atoms with Crippen LogP contribution in [0, 0.1) is 18.8 Å². The van der Waals surface area contributed by atoms with Gasteiger partial charge in [0, 0.05) is 50.8 Å². The average molecular weight is 499 g/mol. The van der Waals surface area contributed by atoms with Gasteiger partial charge in [0.2, 0.25) is 5.91 Å². The predicted molar refractivity (Wildman–Crippen MR) is 132 cm³/mol. The van der Waals surface area contributed by atoms with Crippen molar-refractivity contribution in [2.45, 2.75) is 45.8 Å². The number of hydrogen-bond acceptors (Lipinski definition) is 7. The molecule has 2 aromatic rings. The number of methoxy groups -OCH3 is 1. The van der Waals surface area contributed by atoms with Crippen LogP contribution in [0.25, 0.3) is 0 Å². The first-order chi connectivity index (χ1) is 17.2. The zero-order valence-electron chi connectivity index (χ0n) is 21.4. The molecule has 0 spiro atoms. The van der Waals surface area contributed by atoms with Crippen molar-refractivity contribution in [3.05, 3.63) is 41.3 Å². The molecular weight excluding hydrogens is 464 g/mol. The number of ether oxygens (including phenoxy) is 2. The van der Waals surface area contributed by atoms with E-state index < -0.39 is 5.91 Å². The predicted octanol–water partition coefficient (Wildman–Crippen LogP) is 2.98. The average Bonchev–Trinajstić information content (AvgIpc) is 3.62. The van der Waals surface area contributed by atoms with E-state index in [2.05, 4.69) is 10.5 Å². The summed E-state index contributed by atoms with van der Waals surface area (Å²) in [5.74, 6) is 0.444. The number of rotatable bonds is 4. The Balaban J connectivity index is 1.63. The first-order valence-electron chi connectivity index (χ1n) is 12.3.